The zero-order chi connectivity index (χ0) is 8.65. The lowest BCUT2D eigenvalue weighted by Gasteiger charge is -2.27. The Morgan fingerprint density at radius 2 is 2.36 bits per heavy atom. The van der Waals surface area contributed by atoms with Crippen molar-refractivity contribution >= 4 is 11.5 Å². The molecule has 1 atom stereocenters. The summed E-state index contributed by atoms with van der Waals surface area (Å²) in [6, 6.07) is 0. The van der Waals surface area contributed by atoms with Gasteiger partial charge in [0.25, 0.3) is 0 Å². The van der Waals surface area contributed by atoms with Crippen molar-refractivity contribution in [3.05, 3.63) is 0 Å². The molecule has 0 aromatic heterocycles. The van der Waals surface area contributed by atoms with Gasteiger partial charge in [-0.15, -0.1) is 0 Å². The number of rotatable bonds is 0. The van der Waals surface area contributed by atoms with Crippen molar-refractivity contribution in [3.8, 4) is 0 Å². The van der Waals surface area contributed by atoms with Crippen molar-refractivity contribution in [2.75, 3.05) is 0 Å². The van der Waals surface area contributed by atoms with Gasteiger partial charge < -0.3 is 5.11 Å². The molecule has 0 amide bonds. The molecule has 4 nitrogen and oxygen atoms in total. The summed E-state index contributed by atoms with van der Waals surface area (Å²) in [5.74, 6) is 0.270. The number of hydrogen-bond acceptors (Lipinski definition) is 3. The number of amidine groups is 1. The maximum Gasteiger partial charge on any atom is 0.162 e. The number of hydrogen-bond donors (Lipinski definition) is 2. The molecule has 2 N–H and O–H groups in total. The highest BCUT2D eigenvalue weighted by Gasteiger charge is 2.35. The van der Waals surface area contributed by atoms with Crippen LogP contribution in [0.25, 0.3) is 0 Å². The zero-order valence-electron chi connectivity index (χ0n) is 7.05. The molecule has 62 valence electrons. The van der Waals surface area contributed by atoms with Crippen LogP contribution in [0, 0.1) is 5.41 Å². The molecule has 1 rings (SSSR count). The fraction of sp³-hybridized carbons (Fsp3) is 0.714. The predicted molar refractivity (Wildman–Crippen MR) is 43.6 cm³/mol. The third-order valence-corrected chi connectivity index (χ3v) is 1.64. The van der Waals surface area contributed by atoms with Gasteiger partial charge in [-0.3, -0.25) is 5.41 Å². The van der Waals surface area contributed by atoms with E-state index in [0.29, 0.717) is 6.42 Å². The highest BCUT2D eigenvalue weighted by molar-refractivity contribution is 5.88. The molecule has 1 aliphatic heterocycles. The van der Waals surface area contributed by atoms with Crippen molar-refractivity contribution in [1.82, 2.24) is 5.01 Å². The van der Waals surface area contributed by atoms with Crippen LogP contribution in [-0.2, 0) is 0 Å². The summed E-state index contributed by atoms with van der Waals surface area (Å²) in [5.41, 5.74) is -0.128. The quantitative estimate of drug-likeness (QED) is 0.401. The molecule has 1 aliphatic rings. The first-order valence-electron chi connectivity index (χ1n) is 3.55. The lowest BCUT2D eigenvalue weighted by atomic mass is 10.1. The Labute approximate surface area is 66.0 Å². The molecule has 0 radical (unpaired) electrons. The Morgan fingerprint density at radius 1 is 1.82 bits per heavy atom. The second-order valence-electron chi connectivity index (χ2n) is 3.13. The van der Waals surface area contributed by atoms with E-state index in [0.717, 1.165) is 5.71 Å². The first-order valence-corrected chi connectivity index (χ1v) is 3.55. The molecule has 0 unspecified atom stereocenters. The number of nitrogens with zero attached hydrogens (tertiary/aromatic N) is 2. The molecule has 0 aliphatic carbocycles. The summed E-state index contributed by atoms with van der Waals surface area (Å²) in [6.45, 7) is 5.11. The topological polar surface area (TPSA) is 59.7 Å². The average Bonchev–Trinajstić information content (AvgIpc) is 2.04. The standard InChI is InChI=1S/C7H13N3O/c1-5-4-7(3,11)10(9-5)6(2)8/h8,11H,4H2,1-3H3/t7-/m0/s1. The van der Waals surface area contributed by atoms with E-state index in [2.05, 4.69) is 5.10 Å². The van der Waals surface area contributed by atoms with Crippen LogP contribution in [0.15, 0.2) is 5.10 Å². The van der Waals surface area contributed by atoms with E-state index in [4.69, 9.17) is 5.41 Å². The fourth-order valence-corrected chi connectivity index (χ4v) is 1.31. The molecule has 1 heterocycles. The lowest BCUT2D eigenvalue weighted by Crippen LogP contribution is -2.41. The van der Waals surface area contributed by atoms with E-state index in [-0.39, 0.29) is 5.84 Å². The minimum Gasteiger partial charge on any atom is -0.369 e. The Balaban J connectivity index is 2.86. The van der Waals surface area contributed by atoms with Gasteiger partial charge in [-0.05, 0) is 20.8 Å². The third kappa shape index (κ3) is 1.40. The lowest BCUT2D eigenvalue weighted by molar-refractivity contribution is -0.0336. The molecule has 0 spiro atoms. The van der Waals surface area contributed by atoms with E-state index < -0.39 is 5.72 Å². The van der Waals surface area contributed by atoms with Gasteiger partial charge >= 0.3 is 0 Å². The molecule has 0 aromatic rings. The van der Waals surface area contributed by atoms with Crippen LogP contribution in [0.2, 0.25) is 0 Å². The summed E-state index contributed by atoms with van der Waals surface area (Å²) in [6.07, 6.45) is 0.517. The summed E-state index contributed by atoms with van der Waals surface area (Å²) in [7, 11) is 0. The van der Waals surface area contributed by atoms with E-state index in [9.17, 15) is 5.11 Å². The second kappa shape index (κ2) is 2.30. The Kier molecular flexibility index (Phi) is 1.72. The van der Waals surface area contributed by atoms with E-state index in [1.54, 1.807) is 13.8 Å². The number of hydrazone groups is 1. The molecule has 0 fully saturated rings. The summed E-state index contributed by atoms with van der Waals surface area (Å²) in [5, 5.41) is 22.3. The van der Waals surface area contributed by atoms with E-state index in [1.165, 1.54) is 5.01 Å². The maximum atomic E-state index is 9.67. The van der Waals surface area contributed by atoms with Crippen LogP contribution in [0.1, 0.15) is 27.2 Å². The largest absolute Gasteiger partial charge is 0.369 e. The van der Waals surface area contributed by atoms with Crippen LogP contribution < -0.4 is 0 Å². The van der Waals surface area contributed by atoms with Crippen molar-refractivity contribution < 1.29 is 5.11 Å². The predicted octanol–water partition coefficient (Wildman–Crippen LogP) is 0.774. The average molecular weight is 155 g/mol. The molecule has 11 heavy (non-hydrogen) atoms. The van der Waals surface area contributed by atoms with Crippen molar-refractivity contribution in [1.29, 1.82) is 5.41 Å². The third-order valence-electron chi connectivity index (χ3n) is 1.64. The molecular formula is C7H13N3O. The fourth-order valence-electron chi connectivity index (χ4n) is 1.31. The van der Waals surface area contributed by atoms with E-state index in [1.807, 2.05) is 6.92 Å². The van der Waals surface area contributed by atoms with Gasteiger partial charge in [-0.25, -0.2) is 5.01 Å². The van der Waals surface area contributed by atoms with Crippen LogP contribution in [0.3, 0.4) is 0 Å². The summed E-state index contributed by atoms with van der Waals surface area (Å²) >= 11 is 0. The first-order chi connectivity index (χ1) is 4.93. The molecule has 0 saturated carbocycles. The Bertz CT molecular complexity index is 220. The minimum absolute atomic E-state index is 0.270. The van der Waals surface area contributed by atoms with Gasteiger partial charge in [0.15, 0.2) is 5.72 Å². The van der Waals surface area contributed by atoms with Crippen molar-refractivity contribution in [3.63, 3.8) is 0 Å². The second-order valence-corrected chi connectivity index (χ2v) is 3.13. The van der Waals surface area contributed by atoms with Crippen molar-refractivity contribution in [2.24, 2.45) is 5.10 Å². The first kappa shape index (κ1) is 8.20. The molecule has 0 aromatic carbocycles. The van der Waals surface area contributed by atoms with Crippen LogP contribution in [0.5, 0.6) is 0 Å². The van der Waals surface area contributed by atoms with Gasteiger partial charge in [0.05, 0.1) is 0 Å². The van der Waals surface area contributed by atoms with Crippen LogP contribution >= 0.6 is 0 Å². The number of nitrogens with one attached hydrogen (secondary N) is 1. The Morgan fingerprint density at radius 3 is 2.55 bits per heavy atom. The number of aliphatic hydroxyl groups is 1. The van der Waals surface area contributed by atoms with Gasteiger partial charge in [0.1, 0.15) is 5.84 Å². The van der Waals surface area contributed by atoms with Gasteiger partial charge in [-0.2, -0.15) is 5.10 Å². The molecular weight excluding hydrogens is 142 g/mol. The molecule has 4 heteroatoms. The van der Waals surface area contributed by atoms with Crippen LogP contribution in [0.4, 0.5) is 0 Å². The molecule has 0 saturated heterocycles. The van der Waals surface area contributed by atoms with Gasteiger partial charge in [0, 0.05) is 12.1 Å². The minimum atomic E-state index is -0.990. The highest BCUT2D eigenvalue weighted by Crippen LogP contribution is 2.23. The van der Waals surface area contributed by atoms with Crippen LogP contribution in [-0.4, -0.2) is 27.4 Å². The molecule has 0 bridgehead atoms. The zero-order valence-corrected chi connectivity index (χ0v) is 7.05. The summed E-state index contributed by atoms with van der Waals surface area (Å²) < 4.78 is 0. The van der Waals surface area contributed by atoms with Gasteiger partial charge in [-0.1, -0.05) is 0 Å². The van der Waals surface area contributed by atoms with Crippen molar-refractivity contribution in [2.45, 2.75) is 32.9 Å². The SMILES string of the molecule is CC(=N)N1N=C(C)C[C@]1(C)O. The van der Waals surface area contributed by atoms with E-state index >= 15 is 0 Å². The normalized spacial score (nSPS) is 30.5. The maximum absolute atomic E-state index is 9.67. The Hall–Kier alpha value is -0.900. The highest BCUT2D eigenvalue weighted by atomic mass is 16.3. The summed E-state index contributed by atoms with van der Waals surface area (Å²) in [4.78, 5) is 0. The van der Waals surface area contributed by atoms with Gasteiger partial charge in [0.2, 0.25) is 0 Å². The monoisotopic (exact) mass is 155 g/mol. The smallest absolute Gasteiger partial charge is 0.162 e.